The fourth-order valence-corrected chi connectivity index (χ4v) is 1.23. The molecule has 2 aromatic rings. The third kappa shape index (κ3) is 2.43. The van der Waals surface area contributed by atoms with Crippen molar-refractivity contribution >= 4 is 0 Å². The van der Waals surface area contributed by atoms with Crippen LogP contribution in [0.15, 0.2) is 36.7 Å². The Kier molecular flexibility index (Phi) is 2.49. The van der Waals surface area contributed by atoms with Gasteiger partial charge in [-0.05, 0) is 30.7 Å². The molecule has 4 nitrogen and oxygen atoms in total. The smallest absolute Gasteiger partial charge is 0.321 e. The zero-order valence-corrected chi connectivity index (χ0v) is 8.21. The van der Waals surface area contributed by atoms with E-state index in [-0.39, 0.29) is 11.8 Å². The second-order valence-electron chi connectivity index (χ2n) is 3.14. The summed E-state index contributed by atoms with van der Waals surface area (Å²) in [6, 6.07) is 6.95. The summed E-state index contributed by atoms with van der Waals surface area (Å²) < 4.78 is 5.36. The number of ether oxygens (including phenoxy) is 1. The van der Waals surface area contributed by atoms with Crippen molar-refractivity contribution in [1.82, 2.24) is 9.97 Å². The highest BCUT2D eigenvalue weighted by Crippen LogP contribution is 2.24. The van der Waals surface area contributed by atoms with Gasteiger partial charge in [-0.25, -0.2) is 9.97 Å². The molecule has 0 atom stereocenters. The topological polar surface area (TPSA) is 55.2 Å². The van der Waals surface area contributed by atoms with Gasteiger partial charge in [-0.15, -0.1) is 0 Å². The summed E-state index contributed by atoms with van der Waals surface area (Å²) in [5.41, 5.74) is 0.918. The van der Waals surface area contributed by atoms with Gasteiger partial charge in [0.15, 0.2) is 0 Å². The van der Waals surface area contributed by atoms with Crippen molar-refractivity contribution in [1.29, 1.82) is 0 Å². The van der Waals surface area contributed by atoms with E-state index in [4.69, 9.17) is 4.74 Å². The first-order valence-corrected chi connectivity index (χ1v) is 4.49. The Morgan fingerprint density at radius 2 is 1.87 bits per heavy atom. The standard InChI is InChI=1S/C11H10N2O2/c1-8-5-9(14)7-10(6-8)15-11-12-3-2-4-13-11/h2-7,14H,1H3. The summed E-state index contributed by atoms with van der Waals surface area (Å²) in [6.07, 6.45) is 3.19. The molecule has 15 heavy (non-hydrogen) atoms. The molecule has 0 saturated carbocycles. The van der Waals surface area contributed by atoms with Crippen molar-refractivity contribution in [3.05, 3.63) is 42.2 Å². The summed E-state index contributed by atoms with van der Waals surface area (Å²) in [6.45, 7) is 1.87. The fourth-order valence-electron chi connectivity index (χ4n) is 1.23. The Hall–Kier alpha value is -2.10. The number of phenolic OH excluding ortho intramolecular Hbond substituents is 1. The van der Waals surface area contributed by atoms with Gasteiger partial charge in [0.2, 0.25) is 0 Å². The Bertz CT molecular complexity index is 437. The first-order chi connectivity index (χ1) is 7.24. The van der Waals surface area contributed by atoms with Crippen LogP contribution >= 0.6 is 0 Å². The third-order valence-corrected chi connectivity index (χ3v) is 1.79. The molecule has 0 amide bonds. The van der Waals surface area contributed by atoms with E-state index in [1.54, 1.807) is 30.6 Å². The second-order valence-corrected chi connectivity index (χ2v) is 3.14. The van der Waals surface area contributed by atoms with Crippen LogP contribution in [0.2, 0.25) is 0 Å². The number of aromatic hydroxyl groups is 1. The second kappa shape index (κ2) is 3.96. The minimum absolute atomic E-state index is 0.168. The molecule has 0 unspecified atom stereocenters. The molecule has 76 valence electrons. The molecule has 0 saturated heterocycles. The van der Waals surface area contributed by atoms with Crippen LogP contribution in [0.3, 0.4) is 0 Å². The monoisotopic (exact) mass is 202 g/mol. The van der Waals surface area contributed by atoms with E-state index in [1.807, 2.05) is 6.92 Å². The number of nitrogens with zero attached hydrogens (tertiary/aromatic N) is 2. The van der Waals surface area contributed by atoms with Gasteiger partial charge in [-0.3, -0.25) is 0 Å². The number of aryl methyl sites for hydroxylation is 1. The number of aromatic nitrogens is 2. The Balaban J connectivity index is 2.25. The van der Waals surface area contributed by atoms with Crippen LogP contribution in [0, 0.1) is 6.92 Å². The maximum atomic E-state index is 9.35. The van der Waals surface area contributed by atoms with Crippen LogP contribution in [0.1, 0.15) is 5.56 Å². The lowest BCUT2D eigenvalue weighted by molar-refractivity contribution is 0.430. The SMILES string of the molecule is Cc1cc(O)cc(Oc2ncccn2)c1. The number of benzene rings is 1. The van der Waals surface area contributed by atoms with Gasteiger partial charge in [0.25, 0.3) is 0 Å². The Morgan fingerprint density at radius 1 is 1.13 bits per heavy atom. The molecule has 0 bridgehead atoms. The molecule has 1 N–H and O–H groups in total. The summed E-state index contributed by atoms with van der Waals surface area (Å²) in [4.78, 5) is 7.84. The van der Waals surface area contributed by atoms with Crippen LogP contribution < -0.4 is 4.74 Å². The molecule has 0 aliphatic heterocycles. The highest BCUT2D eigenvalue weighted by molar-refractivity contribution is 5.37. The van der Waals surface area contributed by atoms with Crippen molar-refractivity contribution < 1.29 is 9.84 Å². The van der Waals surface area contributed by atoms with Crippen LogP contribution in [0.5, 0.6) is 17.5 Å². The number of hydrogen-bond acceptors (Lipinski definition) is 4. The van der Waals surface area contributed by atoms with Gasteiger partial charge in [0, 0.05) is 18.5 Å². The predicted molar refractivity (Wildman–Crippen MR) is 54.9 cm³/mol. The first kappa shape index (κ1) is 9.45. The van der Waals surface area contributed by atoms with Gasteiger partial charge >= 0.3 is 6.01 Å². The van der Waals surface area contributed by atoms with Crippen LogP contribution in [0.25, 0.3) is 0 Å². The number of hydrogen-bond donors (Lipinski definition) is 1. The molecule has 1 aromatic heterocycles. The van der Waals surface area contributed by atoms with Crippen molar-refractivity contribution in [2.45, 2.75) is 6.92 Å². The van der Waals surface area contributed by atoms with E-state index in [1.165, 1.54) is 6.07 Å². The van der Waals surface area contributed by atoms with Gasteiger partial charge < -0.3 is 9.84 Å². The average molecular weight is 202 g/mol. The molecular formula is C11H10N2O2. The molecule has 0 radical (unpaired) electrons. The molecule has 0 aliphatic rings. The lowest BCUT2D eigenvalue weighted by Crippen LogP contribution is -1.90. The molecule has 0 aliphatic carbocycles. The average Bonchev–Trinajstić information content (AvgIpc) is 2.17. The zero-order chi connectivity index (χ0) is 10.7. The minimum atomic E-state index is 0.168. The van der Waals surface area contributed by atoms with Crippen molar-refractivity contribution in [2.75, 3.05) is 0 Å². The molecule has 0 spiro atoms. The lowest BCUT2D eigenvalue weighted by Gasteiger charge is -2.04. The Labute approximate surface area is 87.2 Å². The molecular weight excluding hydrogens is 192 g/mol. The summed E-state index contributed by atoms with van der Waals surface area (Å²) in [5, 5.41) is 9.35. The van der Waals surface area contributed by atoms with E-state index in [0.717, 1.165) is 5.56 Å². The molecule has 2 rings (SSSR count). The molecule has 1 aromatic carbocycles. The van der Waals surface area contributed by atoms with E-state index >= 15 is 0 Å². The van der Waals surface area contributed by atoms with E-state index in [2.05, 4.69) is 9.97 Å². The molecule has 4 heteroatoms. The highest BCUT2D eigenvalue weighted by atomic mass is 16.5. The van der Waals surface area contributed by atoms with Gasteiger partial charge in [-0.2, -0.15) is 0 Å². The van der Waals surface area contributed by atoms with Crippen LogP contribution in [0.4, 0.5) is 0 Å². The number of phenols is 1. The van der Waals surface area contributed by atoms with Gasteiger partial charge in [0.05, 0.1) is 0 Å². The third-order valence-electron chi connectivity index (χ3n) is 1.79. The van der Waals surface area contributed by atoms with Gasteiger partial charge in [0.1, 0.15) is 11.5 Å². The number of rotatable bonds is 2. The maximum Gasteiger partial charge on any atom is 0.321 e. The van der Waals surface area contributed by atoms with E-state index in [0.29, 0.717) is 5.75 Å². The largest absolute Gasteiger partial charge is 0.508 e. The normalized spacial score (nSPS) is 9.93. The highest BCUT2D eigenvalue weighted by Gasteiger charge is 2.01. The van der Waals surface area contributed by atoms with Gasteiger partial charge in [-0.1, -0.05) is 0 Å². The quantitative estimate of drug-likeness (QED) is 0.811. The Morgan fingerprint density at radius 3 is 2.53 bits per heavy atom. The maximum absolute atomic E-state index is 9.35. The van der Waals surface area contributed by atoms with Crippen LogP contribution in [-0.2, 0) is 0 Å². The van der Waals surface area contributed by atoms with Crippen molar-refractivity contribution in [2.24, 2.45) is 0 Å². The lowest BCUT2D eigenvalue weighted by atomic mass is 10.2. The summed E-state index contributed by atoms with van der Waals surface area (Å²) >= 11 is 0. The van der Waals surface area contributed by atoms with E-state index < -0.39 is 0 Å². The summed E-state index contributed by atoms with van der Waals surface area (Å²) in [5.74, 6) is 0.694. The summed E-state index contributed by atoms with van der Waals surface area (Å²) in [7, 11) is 0. The molecule has 1 heterocycles. The van der Waals surface area contributed by atoms with Crippen molar-refractivity contribution in [3.63, 3.8) is 0 Å². The van der Waals surface area contributed by atoms with E-state index in [9.17, 15) is 5.11 Å². The predicted octanol–water partition coefficient (Wildman–Crippen LogP) is 2.28. The van der Waals surface area contributed by atoms with Crippen LogP contribution in [-0.4, -0.2) is 15.1 Å². The first-order valence-electron chi connectivity index (χ1n) is 4.49. The van der Waals surface area contributed by atoms with Crippen molar-refractivity contribution in [3.8, 4) is 17.5 Å². The zero-order valence-electron chi connectivity index (χ0n) is 8.21. The fraction of sp³-hybridized carbons (Fsp3) is 0.0909. The molecule has 0 fully saturated rings. The minimum Gasteiger partial charge on any atom is -0.508 e.